The number of unbranched alkanes of at least 4 members (excludes halogenated alkanes) is 16. The van der Waals surface area contributed by atoms with Gasteiger partial charge in [0.15, 0.2) is 0 Å². The second kappa shape index (κ2) is 22.1. The Morgan fingerprint density at radius 3 is 1.84 bits per heavy atom. The minimum Gasteiger partial charge on any atom is -0.463 e. The molecule has 1 aliphatic rings. The number of aromatic nitrogens is 2. The lowest BCUT2D eigenvalue weighted by Gasteiger charge is -2.19. The van der Waals surface area contributed by atoms with E-state index >= 15 is 0 Å². The van der Waals surface area contributed by atoms with Gasteiger partial charge < -0.3 is 14.2 Å². The standard InChI is InChI=1S/C33H55FN2O7/c1-3-5-7-9-11-13-15-17-19-21-30(37)41-25-28-27(23-29(42-28)36-24-26(34)32(39)35-33(36)40)43-31(38)22-20-18-16-14-12-10-8-6-4-2/h24,27-29H,3-23,25H2,1-2H3,(H,35,39,40)/t27-,28+,29+/m0/s1. The molecule has 2 heterocycles. The first-order chi connectivity index (χ1) is 20.8. The summed E-state index contributed by atoms with van der Waals surface area (Å²) < 4.78 is 31.9. The van der Waals surface area contributed by atoms with Gasteiger partial charge in [-0.1, -0.05) is 117 Å². The number of hydrogen-bond acceptors (Lipinski definition) is 7. The number of nitrogens with zero attached hydrogens (tertiary/aromatic N) is 1. The van der Waals surface area contributed by atoms with Gasteiger partial charge in [-0.2, -0.15) is 4.39 Å². The van der Waals surface area contributed by atoms with E-state index in [-0.39, 0.29) is 31.4 Å². The van der Waals surface area contributed by atoms with Gasteiger partial charge in [0.25, 0.3) is 5.56 Å². The summed E-state index contributed by atoms with van der Waals surface area (Å²) in [5.41, 5.74) is -1.95. The Kier molecular flexibility index (Phi) is 18.8. The number of ether oxygens (including phenoxy) is 3. The van der Waals surface area contributed by atoms with Gasteiger partial charge in [-0.3, -0.25) is 23.9 Å². The third-order valence-corrected chi connectivity index (χ3v) is 8.08. The highest BCUT2D eigenvalue weighted by molar-refractivity contribution is 5.70. The number of carbonyl (C=O) groups excluding carboxylic acids is 2. The van der Waals surface area contributed by atoms with Crippen LogP contribution in [0.15, 0.2) is 15.8 Å². The van der Waals surface area contributed by atoms with Crippen molar-refractivity contribution in [2.75, 3.05) is 6.61 Å². The molecule has 2 rings (SSSR count). The number of H-pyrrole nitrogens is 1. The van der Waals surface area contributed by atoms with Crippen LogP contribution in [0.1, 0.15) is 155 Å². The summed E-state index contributed by atoms with van der Waals surface area (Å²) in [5.74, 6) is -1.87. The number of halogens is 1. The van der Waals surface area contributed by atoms with E-state index in [4.69, 9.17) is 14.2 Å². The van der Waals surface area contributed by atoms with Crippen LogP contribution in [-0.2, 0) is 23.8 Å². The van der Waals surface area contributed by atoms with Crippen molar-refractivity contribution in [3.05, 3.63) is 32.9 Å². The first kappa shape index (κ1) is 36.7. The van der Waals surface area contributed by atoms with Gasteiger partial charge in [-0.05, 0) is 12.8 Å². The Hall–Kier alpha value is -2.49. The van der Waals surface area contributed by atoms with Crippen molar-refractivity contribution in [1.29, 1.82) is 0 Å². The van der Waals surface area contributed by atoms with Crippen LogP contribution in [0.4, 0.5) is 4.39 Å². The fraction of sp³-hybridized carbons (Fsp3) is 0.818. The summed E-state index contributed by atoms with van der Waals surface area (Å²) >= 11 is 0. The predicted octanol–water partition coefficient (Wildman–Crippen LogP) is 7.26. The smallest absolute Gasteiger partial charge is 0.330 e. The van der Waals surface area contributed by atoms with E-state index in [1.807, 2.05) is 4.98 Å². The normalized spacial score (nSPS) is 18.2. The molecule has 0 unspecified atom stereocenters. The molecule has 0 radical (unpaired) electrons. The van der Waals surface area contributed by atoms with Crippen molar-refractivity contribution >= 4 is 11.9 Å². The third kappa shape index (κ3) is 15.2. The molecule has 0 saturated carbocycles. The van der Waals surface area contributed by atoms with Gasteiger partial charge in [0.1, 0.15) is 25.0 Å². The highest BCUT2D eigenvalue weighted by Gasteiger charge is 2.40. The van der Waals surface area contributed by atoms with Crippen molar-refractivity contribution in [3.63, 3.8) is 0 Å². The Balaban J connectivity index is 1.80. The molecule has 1 aliphatic heterocycles. The monoisotopic (exact) mass is 610 g/mol. The summed E-state index contributed by atoms with van der Waals surface area (Å²) in [7, 11) is 0. The molecule has 1 aromatic heterocycles. The van der Waals surface area contributed by atoms with Crippen LogP contribution < -0.4 is 11.2 Å². The molecular formula is C33H55FN2O7. The van der Waals surface area contributed by atoms with Gasteiger partial charge in [-0.25, -0.2) is 4.79 Å². The molecular weight excluding hydrogens is 555 g/mol. The molecule has 0 aromatic carbocycles. The molecule has 0 bridgehead atoms. The minimum absolute atomic E-state index is 0.0648. The molecule has 0 spiro atoms. The zero-order valence-electron chi connectivity index (χ0n) is 26.5. The lowest BCUT2D eigenvalue weighted by atomic mass is 10.1. The molecule has 0 aliphatic carbocycles. The lowest BCUT2D eigenvalue weighted by Crippen LogP contribution is -2.34. The Morgan fingerprint density at radius 1 is 0.814 bits per heavy atom. The molecule has 3 atom stereocenters. The Morgan fingerprint density at radius 2 is 1.30 bits per heavy atom. The average Bonchev–Trinajstić information content (AvgIpc) is 3.38. The molecule has 1 saturated heterocycles. The number of rotatable bonds is 24. The number of esters is 2. The molecule has 1 aromatic rings. The van der Waals surface area contributed by atoms with Gasteiger partial charge in [-0.15, -0.1) is 0 Å². The van der Waals surface area contributed by atoms with Crippen LogP contribution in [0.25, 0.3) is 0 Å². The van der Waals surface area contributed by atoms with E-state index < -0.39 is 35.5 Å². The van der Waals surface area contributed by atoms with E-state index in [1.54, 1.807) is 0 Å². The van der Waals surface area contributed by atoms with Crippen molar-refractivity contribution in [3.8, 4) is 0 Å². The maximum absolute atomic E-state index is 13.9. The van der Waals surface area contributed by atoms with E-state index in [0.717, 1.165) is 49.3 Å². The molecule has 43 heavy (non-hydrogen) atoms. The number of aromatic amines is 1. The van der Waals surface area contributed by atoms with Gasteiger partial charge in [0.05, 0.1) is 6.20 Å². The summed E-state index contributed by atoms with van der Waals surface area (Å²) in [5, 5.41) is 0. The lowest BCUT2D eigenvalue weighted by molar-refractivity contribution is -0.158. The maximum atomic E-state index is 13.9. The fourth-order valence-corrected chi connectivity index (χ4v) is 5.45. The van der Waals surface area contributed by atoms with Crippen LogP contribution in [0.3, 0.4) is 0 Å². The molecule has 10 heteroatoms. The van der Waals surface area contributed by atoms with E-state index in [0.29, 0.717) is 12.8 Å². The highest BCUT2D eigenvalue weighted by atomic mass is 19.1. The van der Waals surface area contributed by atoms with Gasteiger partial charge in [0.2, 0.25) is 5.82 Å². The highest BCUT2D eigenvalue weighted by Crippen LogP contribution is 2.31. The topological polar surface area (TPSA) is 117 Å². The van der Waals surface area contributed by atoms with Gasteiger partial charge in [0, 0.05) is 19.3 Å². The molecule has 0 amide bonds. The number of carbonyl (C=O) groups is 2. The van der Waals surface area contributed by atoms with Crippen LogP contribution >= 0.6 is 0 Å². The first-order valence-electron chi connectivity index (χ1n) is 16.9. The molecule has 1 fully saturated rings. The van der Waals surface area contributed by atoms with Crippen LogP contribution in [0, 0.1) is 5.82 Å². The van der Waals surface area contributed by atoms with Gasteiger partial charge >= 0.3 is 17.6 Å². The molecule has 246 valence electrons. The van der Waals surface area contributed by atoms with Crippen molar-refractivity contribution in [2.45, 2.75) is 167 Å². The SMILES string of the molecule is CCCCCCCCCCCC(=O)OC[C@H]1O[C@@H](n2cc(F)c(=O)[nH]c2=O)C[C@@H]1OC(=O)CCCCCCCCCCC. The molecule has 1 N–H and O–H groups in total. The summed E-state index contributed by atoms with van der Waals surface area (Å²) in [6, 6.07) is 0. The van der Waals surface area contributed by atoms with Crippen LogP contribution in [0.2, 0.25) is 0 Å². The Labute approximate surface area is 256 Å². The van der Waals surface area contributed by atoms with E-state index in [2.05, 4.69) is 13.8 Å². The second-order valence-corrected chi connectivity index (χ2v) is 11.9. The summed E-state index contributed by atoms with van der Waals surface area (Å²) in [4.78, 5) is 50.7. The average molecular weight is 611 g/mol. The quantitative estimate of drug-likeness (QED) is 0.0967. The zero-order valence-corrected chi connectivity index (χ0v) is 26.5. The van der Waals surface area contributed by atoms with Crippen molar-refractivity contribution in [1.82, 2.24) is 9.55 Å². The zero-order chi connectivity index (χ0) is 31.3. The maximum Gasteiger partial charge on any atom is 0.330 e. The van der Waals surface area contributed by atoms with E-state index in [9.17, 15) is 23.6 Å². The first-order valence-corrected chi connectivity index (χ1v) is 16.9. The number of nitrogens with one attached hydrogen (secondary N) is 1. The minimum atomic E-state index is -1.13. The van der Waals surface area contributed by atoms with Crippen LogP contribution in [0.5, 0.6) is 0 Å². The number of hydrogen-bond donors (Lipinski definition) is 1. The van der Waals surface area contributed by atoms with Crippen LogP contribution in [-0.4, -0.2) is 40.3 Å². The fourth-order valence-electron chi connectivity index (χ4n) is 5.45. The van der Waals surface area contributed by atoms with Crippen molar-refractivity contribution < 1.29 is 28.2 Å². The summed E-state index contributed by atoms with van der Waals surface area (Å²) in [6.07, 6.45) is 19.3. The Bertz CT molecular complexity index is 1040. The molecule has 9 nitrogen and oxygen atoms in total. The largest absolute Gasteiger partial charge is 0.463 e. The third-order valence-electron chi connectivity index (χ3n) is 8.08. The van der Waals surface area contributed by atoms with Crippen molar-refractivity contribution in [2.24, 2.45) is 0 Å². The second-order valence-electron chi connectivity index (χ2n) is 11.9. The summed E-state index contributed by atoms with van der Waals surface area (Å²) in [6.45, 7) is 4.26. The van der Waals surface area contributed by atoms with E-state index in [1.165, 1.54) is 70.6 Å². The predicted molar refractivity (Wildman–Crippen MR) is 164 cm³/mol.